The quantitative estimate of drug-likeness (QED) is 0.273. The van der Waals surface area contributed by atoms with Gasteiger partial charge in [0.05, 0.1) is 17.2 Å². The maximum atomic E-state index is 11.6. The topological polar surface area (TPSA) is 71.1 Å². The summed E-state index contributed by atoms with van der Waals surface area (Å²) < 4.78 is 4.78. The van der Waals surface area contributed by atoms with E-state index in [0.717, 1.165) is 24.8 Å². The number of unbranched alkanes of at least 4 members (excludes halogenated alkanes) is 5. The number of hydrogen-bond donors (Lipinski definition) is 0. The zero-order chi connectivity index (χ0) is 16.9. The monoisotopic (exact) mass is 324 g/mol. The van der Waals surface area contributed by atoms with E-state index in [-0.39, 0.29) is 6.61 Å². The van der Waals surface area contributed by atoms with Gasteiger partial charge >= 0.3 is 12.1 Å². The van der Waals surface area contributed by atoms with Crippen LogP contribution in [0.4, 0.5) is 4.79 Å². The van der Waals surface area contributed by atoms with Crippen LogP contribution >= 0.6 is 0 Å². The van der Waals surface area contributed by atoms with Crippen molar-refractivity contribution in [3.63, 3.8) is 0 Å². The van der Waals surface area contributed by atoms with Gasteiger partial charge in [-0.2, -0.15) is 0 Å². The van der Waals surface area contributed by atoms with Crippen molar-refractivity contribution in [2.45, 2.75) is 52.4 Å². The molecule has 1 aromatic carbocycles. The van der Waals surface area contributed by atoms with E-state index >= 15 is 0 Å². The van der Waals surface area contributed by atoms with Gasteiger partial charge in [-0.05, 0) is 25.5 Å². The Hall–Kier alpha value is -2.08. The van der Waals surface area contributed by atoms with E-state index in [4.69, 9.17) is 4.74 Å². The SMILES string of the molecule is CCCCCCCCOC(=O)OOOC(=O)c1cccc(C)c1. The predicted octanol–water partition coefficient (Wildman–Crippen LogP) is 4.51. The average molecular weight is 324 g/mol. The Balaban J connectivity index is 2.06. The lowest BCUT2D eigenvalue weighted by molar-refractivity contribution is -0.452. The van der Waals surface area contributed by atoms with Crippen LogP contribution in [0.15, 0.2) is 24.3 Å². The fourth-order valence-corrected chi connectivity index (χ4v) is 1.96. The summed E-state index contributed by atoms with van der Waals surface area (Å²) in [6, 6.07) is 6.74. The first-order valence-corrected chi connectivity index (χ1v) is 7.92. The molecule has 0 spiro atoms. The zero-order valence-corrected chi connectivity index (χ0v) is 13.7. The normalized spacial score (nSPS) is 10.2. The molecule has 0 saturated carbocycles. The number of benzene rings is 1. The van der Waals surface area contributed by atoms with E-state index in [2.05, 4.69) is 21.7 Å². The molecule has 0 radical (unpaired) electrons. The molecule has 0 atom stereocenters. The second-order valence-electron chi connectivity index (χ2n) is 5.26. The lowest BCUT2D eigenvalue weighted by atomic mass is 10.1. The van der Waals surface area contributed by atoms with Crippen LogP contribution in [-0.2, 0) is 19.6 Å². The Bertz CT molecular complexity index is 486. The lowest BCUT2D eigenvalue weighted by Gasteiger charge is -2.04. The zero-order valence-electron chi connectivity index (χ0n) is 13.7. The average Bonchev–Trinajstić information content (AvgIpc) is 2.54. The van der Waals surface area contributed by atoms with E-state index in [0.29, 0.717) is 5.56 Å². The summed E-state index contributed by atoms with van der Waals surface area (Å²) in [7, 11) is 0. The molecule has 1 rings (SSSR count). The highest BCUT2D eigenvalue weighted by atomic mass is 17.5. The maximum absolute atomic E-state index is 11.6. The summed E-state index contributed by atoms with van der Waals surface area (Å²) in [4.78, 5) is 31.3. The Morgan fingerprint density at radius 3 is 2.48 bits per heavy atom. The molecule has 6 heteroatoms. The number of ether oxygens (including phenoxy) is 1. The molecule has 0 aromatic heterocycles. The molecule has 23 heavy (non-hydrogen) atoms. The van der Waals surface area contributed by atoms with E-state index in [1.54, 1.807) is 18.2 Å². The summed E-state index contributed by atoms with van der Waals surface area (Å²) in [5, 5.41) is 4.14. The van der Waals surface area contributed by atoms with Crippen molar-refractivity contribution < 1.29 is 29.1 Å². The highest BCUT2D eigenvalue weighted by Gasteiger charge is 2.11. The molecule has 128 valence electrons. The fraction of sp³-hybridized carbons (Fsp3) is 0.529. The van der Waals surface area contributed by atoms with Crippen LogP contribution in [0.2, 0.25) is 0 Å². The first-order valence-electron chi connectivity index (χ1n) is 7.92. The lowest BCUT2D eigenvalue weighted by Crippen LogP contribution is -2.12. The molecule has 0 saturated heterocycles. The third-order valence-corrected chi connectivity index (χ3v) is 3.18. The molecule has 0 aliphatic carbocycles. The molecule has 0 amide bonds. The Morgan fingerprint density at radius 1 is 1.00 bits per heavy atom. The van der Waals surface area contributed by atoms with Crippen molar-refractivity contribution in [2.24, 2.45) is 0 Å². The van der Waals surface area contributed by atoms with E-state index in [1.165, 1.54) is 19.3 Å². The molecule has 0 unspecified atom stereocenters. The molecule has 6 nitrogen and oxygen atoms in total. The van der Waals surface area contributed by atoms with E-state index in [9.17, 15) is 9.59 Å². The van der Waals surface area contributed by atoms with E-state index < -0.39 is 12.1 Å². The van der Waals surface area contributed by atoms with Crippen LogP contribution in [0.25, 0.3) is 0 Å². The van der Waals surface area contributed by atoms with Crippen LogP contribution in [0.5, 0.6) is 0 Å². The molecule has 0 aliphatic heterocycles. The van der Waals surface area contributed by atoms with Gasteiger partial charge in [0, 0.05) is 0 Å². The second kappa shape index (κ2) is 11.5. The van der Waals surface area contributed by atoms with Gasteiger partial charge in [0.25, 0.3) is 0 Å². The van der Waals surface area contributed by atoms with Crippen LogP contribution in [0, 0.1) is 6.92 Å². The summed E-state index contributed by atoms with van der Waals surface area (Å²) >= 11 is 0. The summed E-state index contributed by atoms with van der Waals surface area (Å²) in [5.41, 5.74) is 1.20. The molecule has 0 heterocycles. The van der Waals surface area contributed by atoms with E-state index in [1.807, 2.05) is 13.0 Å². The fourth-order valence-electron chi connectivity index (χ4n) is 1.96. The van der Waals surface area contributed by atoms with Crippen molar-refractivity contribution in [3.05, 3.63) is 35.4 Å². The largest absolute Gasteiger partial charge is 0.543 e. The summed E-state index contributed by atoms with van der Waals surface area (Å²) in [6.07, 6.45) is 5.47. The number of carbonyl (C=O) groups is 2. The smallest absolute Gasteiger partial charge is 0.432 e. The van der Waals surface area contributed by atoms with Gasteiger partial charge in [-0.15, -0.1) is 0 Å². The molecular weight excluding hydrogens is 300 g/mol. The minimum absolute atomic E-state index is 0.250. The van der Waals surface area contributed by atoms with Gasteiger partial charge in [-0.25, -0.2) is 14.5 Å². The Labute approximate surface area is 136 Å². The third-order valence-electron chi connectivity index (χ3n) is 3.18. The van der Waals surface area contributed by atoms with Crippen molar-refractivity contribution >= 4 is 12.1 Å². The first kappa shape index (κ1) is 19.0. The molecular formula is C17H24O6. The van der Waals surface area contributed by atoms with Gasteiger partial charge in [0.15, 0.2) is 0 Å². The van der Waals surface area contributed by atoms with Crippen molar-refractivity contribution in [3.8, 4) is 0 Å². The number of carbonyl (C=O) groups excluding carboxylic acids is 2. The van der Waals surface area contributed by atoms with Crippen molar-refractivity contribution in [1.82, 2.24) is 0 Å². The second-order valence-corrected chi connectivity index (χ2v) is 5.26. The minimum Gasteiger partial charge on any atom is -0.432 e. The standard InChI is InChI=1S/C17H24O6/c1-3-4-5-6-7-8-12-20-17(19)22-23-21-16(18)15-11-9-10-14(2)13-15/h9-11,13H,3-8,12H2,1-2H3. The summed E-state index contributed by atoms with van der Waals surface area (Å²) in [5.74, 6) is -0.752. The minimum atomic E-state index is -1.03. The van der Waals surface area contributed by atoms with Crippen molar-refractivity contribution in [1.29, 1.82) is 0 Å². The van der Waals surface area contributed by atoms with Crippen LogP contribution in [-0.4, -0.2) is 18.7 Å². The van der Waals surface area contributed by atoms with Gasteiger partial charge < -0.3 is 4.74 Å². The van der Waals surface area contributed by atoms with Crippen molar-refractivity contribution in [2.75, 3.05) is 6.61 Å². The molecule has 0 fully saturated rings. The van der Waals surface area contributed by atoms with Crippen LogP contribution < -0.4 is 0 Å². The van der Waals surface area contributed by atoms with Crippen LogP contribution in [0.3, 0.4) is 0 Å². The molecule has 0 N–H and O–H groups in total. The number of hydrogen-bond acceptors (Lipinski definition) is 6. The maximum Gasteiger partial charge on any atom is 0.543 e. The van der Waals surface area contributed by atoms with Gasteiger partial charge in [-0.3, -0.25) is 4.89 Å². The summed E-state index contributed by atoms with van der Waals surface area (Å²) in [6.45, 7) is 4.25. The highest BCUT2D eigenvalue weighted by molar-refractivity contribution is 5.89. The number of rotatable bonds is 10. The Kier molecular flexibility index (Phi) is 9.47. The van der Waals surface area contributed by atoms with Gasteiger partial charge in [0.1, 0.15) is 0 Å². The Morgan fingerprint density at radius 2 is 1.74 bits per heavy atom. The van der Waals surface area contributed by atoms with Gasteiger partial charge in [0.2, 0.25) is 0 Å². The highest BCUT2D eigenvalue weighted by Crippen LogP contribution is 2.07. The third kappa shape index (κ3) is 8.83. The molecule has 0 bridgehead atoms. The van der Waals surface area contributed by atoms with Gasteiger partial charge in [-0.1, -0.05) is 56.7 Å². The first-order chi connectivity index (χ1) is 11.1. The molecule has 1 aromatic rings. The number of aryl methyl sites for hydroxylation is 1. The van der Waals surface area contributed by atoms with Crippen LogP contribution in [0.1, 0.15) is 61.4 Å². The predicted molar refractivity (Wildman–Crippen MR) is 83.5 cm³/mol. The molecule has 0 aliphatic rings.